The van der Waals surface area contributed by atoms with Crippen molar-refractivity contribution in [1.82, 2.24) is 4.98 Å². The molecule has 1 aliphatic heterocycles. The van der Waals surface area contributed by atoms with Crippen LogP contribution in [-0.2, 0) is 27.2 Å². The number of carbonyl (C=O) groups is 1. The van der Waals surface area contributed by atoms with Crippen molar-refractivity contribution in [1.29, 1.82) is 0 Å². The molecule has 0 amide bonds. The number of ketones is 1. The molecule has 27 heavy (non-hydrogen) atoms. The summed E-state index contributed by atoms with van der Waals surface area (Å²) in [6.45, 7) is -2.58. The highest BCUT2D eigenvalue weighted by Crippen LogP contribution is 2.23. The van der Waals surface area contributed by atoms with Gasteiger partial charge < -0.3 is 9.47 Å². The Balaban J connectivity index is 1.66. The largest absolute Gasteiger partial charge is 0.481 e. The first-order chi connectivity index (χ1) is 13.1. The topological polar surface area (TPSA) is 60.8 Å². The normalized spacial score (nSPS) is 14.0. The fraction of sp³-hybridized carbons (Fsp3) is 0.350. The summed E-state index contributed by atoms with van der Waals surface area (Å²) in [7, 11) is 1.55. The highest BCUT2D eigenvalue weighted by atomic mass is 19.3. The molecule has 0 bridgehead atoms. The van der Waals surface area contributed by atoms with Crippen LogP contribution in [0.25, 0.3) is 0 Å². The third kappa shape index (κ3) is 4.95. The summed E-state index contributed by atoms with van der Waals surface area (Å²) in [5.74, 6) is 0.0364. The minimum Gasteiger partial charge on any atom is -0.481 e. The van der Waals surface area contributed by atoms with Gasteiger partial charge in [0.1, 0.15) is 5.78 Å². The van der Waals surface area contributed by atoms with Crippen LogP contribution in [0.5, 0.6) is 0 Å². The number of carbonyl (C=O) groups excluding carboxylic acids is 1. The molecule has 0 unspecified atom stereocenters. The number of hydrogen-bond donors (Lipinski definition) is 0. The Bertz CT molecular complexity index is 825. The molecule has 2 aromatic rings. The fourth-order valence-corrected chi connectivity index (χ4v) is 3.12. The molecule has 0 saturated carbocycles. The minimum atomic E-state index is -2.86. The standard InChI is InChI=1S/C20H20F2N2O3/c1-26-19-18-11-23-16(7-14(18)10-24-19)9-17(25)8-15(12-27-20(21)22)13-5-3-2-4-6-13/h2-7,11,15,20H,8-10,12H2,1H3/t15-/m1/s1. The van der Waals surface area contributed by atoms with Gasteiger partial charge in [0.2, 0.25) is 5.90 Å². The van der Waals surface area contributed by atoms with E-state index >= 15 is 0 Å². The number of Topliss-reactive ketones (excluding diaryl/α,β-unsaturated/α-hetero) is 1. The lowest BCUT2D eigenvalue weighted by Gasteiger charge is -2.17. The van der Waals surface area contributed by atoms with E-state index < -0.39 is 12.5 Å². The van der Waals surface area contributed by atoms with Crippen LogP contribution in [-0.4, -0.2) is 37.0 Å². The van der Waals surface area contributed by atoms with Crippen molar-refractivity contribution in [3.8, 4) is 0 Å². The molecule has 0 radical (unpaired) electrons. The monoisotopic (exact) mass is 374 g/mol. The van der Waals surface area contributed by atoms with E-state index in [9.17, 15) is 13.6 Å². The van der Waals surface area contributed by atoms with Crippen LogP contribution in [0.1, 0.15) is 34.7 Å². The lowest BCUT2D eigenvalue weighted by Crippen LogP contribution is -2.17. The van der Waals surface area contributed by atoms with Gasteiger partial charge in [0, 0.05) is 30.7 Å². The molecular formula is C20H20F2N2O3. The Labute approximate surface area is 156 Å². The molecule has 1 aromatic carbocycles. The lowest BCUT2D eigenvalue weighted by molar-refractivity contribution is -0.136. The van der Waals surface area contributed by atoms with E-state index in [-0.39, 0.29) is 25.2 Å². The van der Waals surface area contributed by atoms with Gasteiger partial charge in [-0.2, -0.15) is 8.78 Å². The molecule has 3 rings (SSSR count). The van der Waals surface area contributed by atoms with E-state index in [1.54, 1.807) is 13.3 Å². The van der Waals surface area contributed by atoms with Crippen molar-refractivity contribution in [2.75, 3.05) is 13.7 Å². The lowest BCUT2D eigenvalue weighted by atomic mass is 9.93. The van der Waals surface area contributed by atoms with Crippen LogP contribution < -0.4 is 0 Å². The average Bonchev–Trinajstić information content (AvgIpc) is 3.08. The number of methoxy groups -OCH3 is 1. The maximum atomic E-state index is 12.5. The molecule has 1 aromatic heterocycles. The number of alkyl halides is 2. The van der Waals surface area contributed by atoms with E-state index in [1.807, 2.05) is 36.4 Å². The van der Waals surface area contributed by atoms with Crippen molar-refractivity contribution in [2.24, 2.45) is 4.99 Å². The number of pyridine rings is 1. The third-order valence-electron chi connectivity index (χ3n) is 4.41. The van der Waals surface area contributed by atoms with E-state index in [4.69, 9.17) is 4.74 Å². The predicted octanol–water partition coefficient (Wildman–Crippen LogP) is 3.51. The highest BCUT2D eigenvalue weighted by Gasteiger charge is 2.21. The van der Waals surface area contributed by atoms with E-state index in [2.05, 4.69) is 14.7 Å². The first-order valence-corrected chi connectivity index (χ1v) is 8.60. The molecule has 0 saturated heterocycles. The zero-order chi connectivity index (χ0) is 19.2. The second-order valence-corrected chi connectivity index (χ2v) is 6.28. The Kier molecular flexibility index (Phi) is 6.24. The van der Waals surface area contributed by atoms with Gasteiger partial charge in [-0.15, -0.1) is 0 Å². The number of benzene rings is 1. The fourth-order valence-electron chi connectivity index (χ4n) is 3.12. The van der Waals surface area contributed by atoms with E-state index in [0.29, 0.717) is 18.1 Å². The number of ether oxygens (including phenoxy) is 2. The molecule has 2 heterocycles. The minimum absolute atomic E-state index is 0.0833. The van der Waals surface area contributed by atoms with Crippen molar-refractivity contribution < 1.29 is 23.0 Å². The molecule has 142 valence electrons. The van der Waals surface area contributed by atoms with Crippen molar-refractivity contribution in [3.05, 3.63) is 65.0 Å². The summed E-state index contributed by atoms with van der Waals surface area (Å²) in [5.41, 5.74) is 3.23. The number of aliphatic imine (C=N–C) groups is 1. The Morgan fingerprint density at radius 1 is 1.26 bits per heavy atom. The summed E-state index contributed by atoms with van der Waals surface area (Å²) in [4.78, 5) is 21.1. The summed E-state index contributed by atoms with van der Waals surface area (Å²) < 4.78 is 34.5. The van der Waals surface area contributed by atoms with E-state index in [1.165, 1.54) is 0 Å². The summed E-state index contributed by atoms with van der Waals surface area (Å²) >= 11 is 0. The highest BCUT2D eigenvalue weighted by molar-refractivity contribution is 5.97. The van der Waals surface area contributed by atoms with Gasteiger partial charge in [-0.25, -0.2) is 4.99 Å². The second-order valence-electron chi connectivity index (χ2n) is 6.28. The van der Waals surface area contributed by atoms with Crippen molar-refractivity contribution in [2.45, 2.75) is 31.9 Å². The van der Waals surface area contributed by atoms with E-state index in [0.717, 1.165) is 16.7 Å². The Morgan fingerprint density at radius 3 is 2.74 bits per heavy atom. The molecule has 5 nitrogen and oxygen atoms in total. The number of fused-ring (bicyclic) bond motifs is 1. The average molecular weight is 374 g/mol. The number of hydrogen-bond acceptors (Lipinski definition) is 5. The zero-order valence-electron chi connectivity index (χ0n) is 14.9. The van der Waals surface area contributed by atoms with Crippen LogP contribution in [0.2, 0.25) is 0 Å². The zero-order valence-corrected chi connectivity index (χ0v) is 14.9. The van der Waals surface area contributed by atoms with Crippen LogP contribution in [0.4, 0.5) is 8.78 Å². The maximum absolute atomic E-state index is 12.5. The predicted molar refractivity (Wildman–Crippen MR) is 96.0 cm³/mol. The van der Waals surface area contributed by atoms with Crippen LogP contribution >= 0.6 is 0 Å². The first kappa shape index (κ1) is 19.1. The summed E-state index contributed by atoms with van der Waals surface area (Å²) in [6, 6.07) is 10.9. The number of halogens is 2. The van der Waals surface area contributed by atoms with Crippen molar-refractivity contribution in [3.63, 3.8) is 0 Å². The van der Waals surface area contributed by atoms with Crippen LogP contribution in [0, 0.1) is 0 Å². The van der Waals surface area contributed by atoms with Gasteiger partial charge in [-0.05, 0) is 17.2 Å². The van der Waals surface area contributed by atoms with Crippen molar-refractivity contribution >= 4 is 11.7 Å². The molecule has 0 N–H and O–H groups in total. The molecule has 1 atom stereocenters. The number of nitrogens with zero attached hydrogens (tertiary/aromatic N) is 2. The maximum Gasteiger partial charge on any atom is 0.345 e. The van der Waals surface area contributed by atoms with Gasteiger partial charge in [0.05, 0.1) is 25.8 Å². The van der Waals surface area contributed by atoms with Crippen LogP contribution in [0.3, 0.4) is 0 Å². The SMILES string of the molecule is COC1=NCc2cc(CC(=O)C[C@H](COC(F)F)c3ccccc3)ncc21. The second kappa shape index (κ2) is 8.81. The van der Waals surface area contributed by atoms with Crippen LogP contribution in [0.15, 0.2) is 47.6 Å². The Hall–Kier alpha value is -2.67. The van der Waals surface area contributed by atoms with Gasteiger partial charge in [0.15, 0.2) is 0 Å². The quantitative estimate of drug-likeness (QED) is 0.709. The summed E-state index contributed by atoms with van der Waals surface area (Å²) in [6.07, 6.45) is 1.89. The van der Waals surface area contributed by atoms with Gasteiger partial charge in [0.25, 0.3) is 0 Å². The first-order valence-electron chi connectivity index (χ1n) is 8.60. The molecule has 7 heteroatoms. The number of aromatic nitrogens is 1. The van der Waals surface area contributed by atoms with Gasteiger partial charge in [-0.1, -0.05) is 30.3 Å². The summed E-state index contributed by atoms with van der Waals surface area (Å²) in [5, 5.41) is 0. The molecule has 0 spiro atoms. The van der Waals surface area contributed by atoms with Gasteiger partial charge >= 0.3 is 6.61 Å². The molecule has 0 fully saturated rings. The molecular weight excluding hydrogens is 354 g/mol. The molecule has 1 aliphatic rings. The van der Waals surface area contributed by atoms with Gasteiger partial charge in [-0.3, -0.25) is 9.78 Å². The number of rotatable bonds is 8. The smallest absolute Gasteiger partial charge is 0.345 e. The Morgan fingerprint density at radius 2 is 2.04 bits per heavy atom. The third-order valence-corrected chi connectivity index (χ3v) is 4.41. The molecule has 0 aliphatic carbocycles.